The van der Waals surface area contributed by atoms with Gasteiger partial charge in [0.05, 0.1) is 15.6 Å². The highest BCUT2D eigenvalue weighted by molar-refractivity contribution is 6.43. The Morgan fingerprint density at radius 3 is 2.74 bits per heavy atom. The molecule has 0 saturated carbocycles. The molecule has 6 heteroatoms. The van der Waals surface area contributed by atoms with E-state index in [4.69, 9.17) is 32.7 Å². The van der Waals surface area contributed by atoms with Crippen LogP contribution in [0, 0.1) is 0 Å². The lowest BCUT2D eigenvalue weighted by atomic mass is 10.1. The molecule has 0 saturated heterocycles. The molecule has 0 fully saturated rings. The second-order valence-corrected chi connectivity index (χ2v) is 5.89. The van der Waals surface area contributed by atoms with Crippen LogP contribution in [-0.2, 0) is 6.54 Å². The molecule has 0 unspecified atom stereocenters. The Hall–Kier alpha value is -1.91. The molecule has 2 aromatic rings. The van der Waals surface area contributed by atoms with Gasteiger partial charge in [-0.15, -0.1) is 0 Å². The van der Waals surface area contributed by atoms with E-state index in [2.05, 4.69) is 0 Å². The first-order valence-electron chi connectivity index (χ1n) is 7.22. The Morgan fingerprint density at radius 1 is 1.17 bits per heavy atom. The standard InChI is InChI=1S/C17H15Cl2NO3/c1-2-20(17(21)12-4-3-5-13(18)16(12)19)9-11-6-7-14-15(8-11)23-10-22-14/h3-8H,2,9-10H2,1H3. The summed E-state index contributed by atoms with van der Waals surface area (Å²) >= 11 is 12.1. The van der Waals surface area contributed by atoms with E-state index in [0.717, 1.165) is 11.3 Å². The molecule has 0 radical (unpaired) electrons. The van der Waals surface area contributed by atoms with Crippen LogP contribution in [0.2, 0.25) is 10.0 Å². The minimum Gasteiger partial charge on any atom is -0.454 e. The molecule has 0 spiro atoms. The maximum absolute atomic E-state index is 12.7. The van der Waals surface area contributed by atoms with E-state index >= 15 is 0 Å². The first-order chi connectivity index (χ1) is 11.1. The van der Waals surface area contributed by atoms with Crippen molar-refractivity contribution in [2.24, 2.45) is 0 Å². The first-order valence-corrected chi connectivity index (χ1v) is 7.97. The molecule has 4 nitrogen and oxygen atoms in total. The molecule has 1 aliphatic heterocycles. The number of carbonyl (C=O) groups excluding carboxylic acids is 1. The van der Waals surface area contributed by atoms with Crippen LogP contribution in [0.15, 0.2) is 36.4 Å². The molecule has 1 amide bonds. The van der Waals surface area contributed by atoms with Crippen molar-refractivity contribution < 1.29 is 14.3 Å². The van der Waals surface area contributed by atoms with Crippen molar-refractivity contribution in [1.82, 2.24) is 4.90 Å². The number of amides is 1. The Bertz CT molecular complexity index is 749. The van der Waals surface area contributed by atoms with Gasteiger partial charge < -0.3 is 14.4 Å². The highest BCUT2D eigenvalue weighted by Gasteiger charge is 2.20. The van der Waals surface area contributed by atoms with Crippen LogP contribution in [0.1, 0.15) is 22.8 Å². The van der Waals surface area contributed by atoms with Crippen molar-refractivity contribution in [1.29, 1.82) is 0 Å². The third kappa shape index (κ3) is 3.23. The van der Waals surface area contributed by atoms with Gasteiger partial charge in [-0.1, -0.05) is 35.3 Å². The van der Waals surface area contributed by atoms with E-state index in [1.54, 1.807) is 23.1 Å². The normalized spacial score (nSPS) is 12.3. The van der Waals surface area contributed by atoms with Crippen LogP contribution >= 0.6 is 23.2 Å². The number of hydrogen-bond donors (Lipinski definition) is 0. The molecule has 120 valence electrons. The van der Waals surface area contributed by atoms with Gasteiger partial charge in [0.1, 0.15) is 0 Å². The number of fused-ring (bicyclic) bond motifs is 1. The molecule has 23 heavy (non-hydrogen) atoms. The van der Waals surface area contributed by atoms with Crippen molar-refractivity contribution in [3.63, 3.8) is 0 Å². The fourth-order valence-corrected chi connectivity index (χ4v) is 2.81. The monoisotopic (exact) mass is 351 g/mol. The van der Waals surface area contributed by atoms with Gasteiger partial charge in [0.25, 0.3) is 5.91 Å². The molecule has 1 heterocycles. The number of hydrogen-bond acceptors (Lipinski definition) is 3. The largest absolute Gasteiger partial charge is 0.454 e. The molecular weight excluding hydrogens is 337 g/mol. The minimum atomic E-state index is -0.155. The molecule has 3 rings (SSSR count). The van der Waals surface area contributed by atoms with Crippen LogP contribution in [0.3, 0.4) is 0 Å². The van der Waals surface area contributed by atoms with Crippen molar-refractivity contribution in [3.8, 4) is 11.5 Å². The smallest absolute Gasteiger partial charge is 0.255 e. The Labute approximate surface area is 144 Å². The summed E-state index contributed by atoms with van der Waals surface area (Å²) < 4.78 is 10.7. The molecule has 1 aliphatic rings. The van der Waals surface area contributed by atoms with Crippen LogP contribution in [0.4, 0.5) is 0 Å². The molecule has 0 bridgehead atoms. The lowest BCUT2D eigenvalue weighted by Crippen LogP contribution is -2.30. The predicted molar refractivity (Wildman–Crippen MR) is 89.4 cm³/mol. The Morgan fingerprint density at radius 2 is 1.96 bits per heavy atom. The second kappa shape index (κ2) is 6.69. The summed E-state index contributed by atoms with van der Waals surface area (Å²) in [6.07, 6.45) is 0. The lowest BCUT2D eigenvalue weighted by molar-refractivity contribution is 0.0752. The van der Waals surface area contributed by atoms with Gasteiger partial charge >= 0.3 is 0 Å². The van der Waals surface area contributed by atoms with Crippen LogP contribution in [0.5, 0.6) is 11.5 Å². The summed E-state index contributed by atoms with van der Waals surface area (Å²) in [5, 5.41) is 0.653. The molecule has 0 N–H and O–H groups in total. The SMILES string of the molecule is CCN(Cc1ccc2c(c1)OCO2)C(=O)c1cccc(Cl)c1Cl. The third-order valence-corrected chi connectivity index (χ3v) is 4.48. The van der Waals surface area contributed by atoms with Crippen LogP contribution in [0.25, 0.3) is 0 Å². The van der Waals surface area contributed by atoms with Crippen molar-refractivity contribution in [3.05, 3.63) is 57.6 Å². The molecule has 0 atom stereocenters. The van der Waals surface area contributed by atoms with E-state index in [1.165, 1.54) is 0 Å². The number of carbonyl (C=O) groups is 1. The van der Waals surface area contributed by atoms with Gasteiger partial charge in [0.15, 0.2) is 11.5 Å². The van der Waals surface area contributed by atoms with Gasteiger partial charge in [-0.05, 0) is 36.8 Å². The maximum Gasteiger partial charge on any atom is 0.255 e. The van der Waals surface area contributed by atoms with Gasteiger partial charge in [0.2, 0.25) is 6.79 Å². The van der Waals surface area contributed by atoms with Crippen molar-refractivity contribution in [2.75, 3.05) is 13.3 Å². The summed E-state index contributed by atoms with van der Waals surface area (Å²) in [5.41, 5.74) is 1.37. The lowest BCUT2D eigenvalue weighted by Gasteiger charge is -2.22. The third-order valence-electron chi connectivity index (χ3n) is 3.66. The fraction of sp³-hybridized carbons (Fsp3) is 0.235. The summed E-state index contributed by atoms with van der Waals surface area (Å²) in [6.45, 7) is 3.15. The van der Waals surface area contributed by atoms with Crippen LogP contribution in [-0.4, -0.2) is 24.1 Å². The number of ether oxygens (including phenoxy) is 2. The van der Waals surface area contributed by atoms with Crippen LogP contribution < -0.4 is 9.47 Å². The Kier molecular flexibility index (Phi) is 4.64. The highest BCUT2D eigenvalue weighted by atomic mass is 35.5. The molecular formula is C17H15Cl2NO3. The molecule has 2 aromatic carbocycles. The van der Waals surface area contributed by atoms with Gasteiger partial charge in [-0.25, -0.2) is 0 Å². The number of benzene rings is 2. The van der Waals surface area contributed by atoms with Gasteiger partial charge in [0, 0.05) is 13.1 Å². The summed E-state index contributed by atoms with van der Waals surface area (Å²) in [6, 6.07) is 10.7. The fourth-order valence-electron chi connectivity index (χ4n) is 2.43. The summed E-state index contributed by atoms with van der Waals surface area (Å²) in [7, 11) is 0. The predicted octanol–water partition coefficient (Wildman–Crippen LogP) is 4.38. The summed E-state index contributed by atoms with van der Waals surface area (Å²) in [4.78, 5) is 14.4. The second-order valence-electron chi connectivity index (χ2n) is 5.11. The summed E-state index contributed by atoms with van der Waals surface area (Å²) in [5.74, 6) is 1.27. The topological polar surface area (TPSA) is 38.8 Å². The van der Waals surface area contributed by atoms with E-state index in [1.807, 2.05) is 25.1 Å². The zero-order chi connectivity index (χ0) is 16.4. The number of halogens is 2. The molecule has 0 aliphatic carbocycles. The minimum absolute atomic E-state index is 0.155. The maximum atomic E-state index is 12.7. The zero-order valence-corrected chi connectivity index (χ0v) is 14.0. The van der Waals surface area contributed by atoms with Gasteiger partial charge in [-0.2, -0.15) is 0 Å². The Balaban J connectivity index is 1.82. The van der Waals surface area contributed by atoms with E-state index < -0.39 is 0 Å². The number of rotatable bonds is 4. The van der Waals surface area contributed by atoms with Gasteiger partial charge in [-0.3, -0.25) is 4.79 Å². The zero-order valence-electron chi connectivity index (χ0n) is 12.5. The van der Waals surface area contributed by atoms with Crippen molar-refractivity contribution in [2.45, 2.75) is 13.5 Å². The van der Waals surface area contributed by atoms with Crippen molar-refractivity contribution >= 4 is 29.1 Å². The quantitative estimate of drug-likeness (QED) is 0.820. The number of nitrogens with zero attached hydrogens (tertiary/aromatic N) is 1. The van der Waals surface area contributed by atoms with E-state index in [-0.39, 0.29) is 17.7 Å². The average molecular weight is 352 g/mol. The molecule has 0 aromatic heterocycles. The van der Waals surface area contributed by atoms with E-state index in [0.29, 0.717) is 29.4 Å². The average Bonchev–Trinajstić information content (AvgIpc) is 3.02. The van der Waals surface area contributed by atoms with E-state index in [9.17, 15) is 4.79 Å². The first kappa shape index (κ1) is 16.0. The highest BCUT2D eigenvalue weighted by Crippen LogP contribution is 2.33.